The molecule has 1 heterocycles. The van der Waals surface area contributed by atoms with E-state index >= 15 is 0 Å². The second-order valence-electron chi connectivity index (χ2n) is 3.75. The molecule has 0 radical (unpaired) electrons. The first kappa shape index (κ1) is 10.6. The van der Waals surface area contributed by atoms with Crippen molar-refractivity contribution >= 4 is 17.4 Å². The molecule has 1 aliphatic rings. The first-order valence-corrected chi connectivity index (χ1v) is 5.15. The van der Waals surface area contributed by atoms with Crippen molar-refractivity contribution in [3.8, 4) is 0 Å². The normalized spacial score (nSPS) is 14.8. The largest absolute Gasteiger partial charge is 0.296 e. The first-order valence-electron chi connectivity index (χ1n) is 5.15. The van der Waals surface area contributed by atoms with Gasteiger partial charge in [0, 0.05) is 36.2 Å². The van der Waals surface area contributed by atoms with Crippen molar-refractivity contribution in [3.63, 3.8) is 0 Å². The fourth-order valence-corrected chi connectivity index (χ4v) is 2.05. The lowest BCUT2D eigenvalue weighted by Gasteiger charge is -2.04. The van der Waals surface area contributed by atoms with Crippen LogP contribution >= 0.6 is 0 Å². The molecule has 1 aromatic rings. The summed E-state index contributed by atoms with van der Waals surface area (Å²) in [5.74, 6) is 0. The highest BCUT2D eigenvalue weighted by Gasteiger charge is 2.24. The number of hydrogen-bond donors (Lipinski definition) is 0. The molecule has 0 N–H and O–H groups in total. The van der Waals surface area contributed by atoms with E-state index in [2.05, 4.69) is 30.1 Å². The third-order valence-electron chi connectivity index (χ3n) is 2.79. The van der Waals surface area contributed by atoms with Crippen LogP contribution in [0.3, 0.4) is 0 Å². The van der Waals surface area contributed by atoms with Crippen LogP contribution in [0, 0.1) is 6.92 Å². The minimum absolute atomic E-state index is 0.968. The van der Waals surface area contributed by atoms with Gasteiger partial charge >= 0.3 is 0 Å². The van der Waals surface area contributed by atoms with Crippen molar-refractivity contribution in [1.82, 2.24) is 4.98 Å². The summed E-state index contributed by atoms with van der Waals surface area (Å²) in [4.78, 5) is 8.46. The van der Waals surface area contributed by atoms with Crippen molar-refractivity contribution in [2.45, 2.75) is 6.92 Å². The summed E-state index contributed by atoms with van der Waals surface area (Å²) in [6.45, 7) is 10.0. The zero-order valence-corrected chi connectivity index (χ0v) is 9.62. The highest BCUT2D eigenvalue weighted by molar-refractivity contribution is 6.15. The van der Waals surface area contributed by atoms with Crippen molar-refractivity contribution in [1.29, 1.82) is 0 Å². The summed E-state index contributed by atoms with van der Waals surface area (Å²) < 4.78 is 0. The number of aryl methyl sites for hydroxylation is 1. The molecule has 0 aromatic carbocycles. The number of rotatable bonds is 2. The van der Waals surface area contributed by atoms with Crippen molar-refractivity contribution in [2.24, 2.45) is 4.99 Å². The van der Waals surface area contributed by atoms with Gasteiger partial charge in [0.2, 0.25) is 0 Å². The quantitative estimate of drug-likeness (QED) is 0.689. The summed E-state index contributed by atoms with van der Waals surface area (Å²) in [6.07, 6.45) is 5.46. The highest BCUT2D eigenvalue weighted by Crippen LogP contribution is 2.40. The number of aliphatic imine (C=N–C) groups is 1. The zero-order valence-electron chi connectivity index (χ0n) is 9.62. The molecule has 0 bridgehead atoms. The summed E-state index contributed by atoms with van der Waals surface area (Å²) in [6, 6.07) is 2.00. The van der Waals surface area contributed by atoms with Crippen molar-refractivity contribution in [2.75, 3.05) is 7.05 Å². The standard InChI is InChI=1S/C14H14N2/c1-5-11-12(8-15-4)10(3)13-9(2)6-7-16-14(11)13/h5-8H,1,3H2,2,4H3/b15-8-. The molecule has 0 atom stereocenters. The molecule has 0 fully saturated rings. The Labute approximate surface area is 95.8 Å². The van der Waals surface area contributed by atoms with E-state index in [-0.39, 0.29) is 0 Å². The second kappa shape index (κ2) is 3.89. The smallest absolute Gasteiger partial charge is 0.0789 e. The van der Waals surface area contributed by atoms with Gasteiger partial charge in [0.15, 0.2) is 0 Å². The topological polar surface area (TPSA) is 25.2 Å². The Morgan fingerprint density at radius 1 is 1.38 bits per heavy atom. The fraction of sp³-hybridized carbons (Fsp3) is 0.143. The maximum absolute atomic E-state index is 4.40. The summed E-state index contributed by atoms with van der Waals surface area (Å²) in [7, 11) is 1.75. The Morgan fingerprint density at radius 3 is 2.75 bits per heavy atom. The SMILES string of the molecule is C=CC1=C(/C=N\C)C(=C)c2c(C)ccnc21. The van der Waals surface area contributed by atoms with Gasteiger partial charge in [0.25, 0.3) is 0 Å². The van der Waals surface area contributed by atoms with Gasteiger partial charge in [0.1, 0.15) is 0 Å². The number of allylic oxidation sites excluding steroid dienone is 4. The van der Waals surface area contributed by atoms with Crippen LogP contribution in [-0.2, 0) is 0 Å². The van der Waals surface area contributed by atoms with E-state index in [0.29, 0.717) is 0 Å². The van der Waals surface area contributed by atoms with Gasteiger partial charge in [-0.15, -0.1) is 0 Å². The van der Waals surface area contributed by atoms with Gasteiger partial charge in [-0.1, -0.05) is 19.2 Å². The molecule has 0 saturated carbocycles. The van der Waals surface area contributed by atoms with E-state index in [1.54, 1.807) is 7.05 Å². The van der Waals surface area contributed by atoms with Gasteiger partial charge in [-0.2, -0.15) is 0 Å². The van der Waals surface area contributed by atoms with Crippen LogP contribution in [0.5, 0.6) is 0 Å². The van der Waals surface area contributed by atoms with Crippen LogP contribution in [-0.4, -0.2) is 18.2 Å². The number of hydrogen-bond acceptors (Lipinski definition) is 2. The summed E-state index contributed by atoms with van der Waals surface area (Å²) in [5, 5.41) is 0. The van der Waals surface area contributed by atoms with Crippen LogP contribution in [0.1, 0.15) is 16.8 Å². The van der Waals surface area contributed by atoms with Gasteiger partial charge in [0.05, 0.1) is 5.69 Å². The fourth-order valence-electron chi connectivity index (χ4n) is 2.05. The molecule has 2 heteroatoms. The molecule has 0 amide bonds. The van der Waals surface area contributed by atoms with Crippen LogP contribution in [0.2, 0.25) is 0 Å². The molecular formula is C14H14N2. The van der Waals surface area contributed by atoms with Gasteiger partial charge in [-0.25, -0.2) is 0 Å². The van der Waals surface area contributed by atoms with Gasteiger partial charge in [-0.05, 0) is 24.1 Å². The van der Waals surface area contributed by atoms with Gasteiger partial charge < -0.3 is 0 Å². The van der Waals surface area contributed by atoms with Crippen molar-refractivity contribution in [3.05, 3.63) is 53.9 Å². The van der Waals surface area contributed by atoms with Crippen LogP contribution in [0.4, 0.5) is 0 Å². The monoisotopic (exact) mass is 210 g/mol. The van der Waals surface area contributed by atoms with Crippen LogP contribution in [0.15, 0.2) is 42.1 Å². The van der Waals surface area contributed by atoms with Crippen LogP contribution in [0.25, 0.3) is 11.1 Å². The maximum Gasteiger partial charge on any atom is 0.0789 e. The predicted molar refractivity (Wildman–Crippen MR) is 69.5 cm³/mol. The van der Waals surface area contributed by atoms with E-state index in [1.807, 2.05) is 24.6 Å². The molecule has 2 nitrogen and oxygen atoms in total. The Kier molecular flexibility index (Phi) is 2.57. The van der Waals surface area contributed by atoms with E-state index in [9.17, 15) is 0 Å². The maximum atomic E-state index is 4.40. The Hall–Kier alpha value is -1.96. The number of aromatic nitrogens is 1. The summed E-state index contributed by atoms with van der Waals surface area (Å²) in [5.41, 5.74) is 6.31. The predicted octanol–water partition coefficient (Wildman–Crippen LogP) is 3.06. The number of fused-ring (bicyclic) bond motifs is 1. The van der Waals surface area contributed by atoms with Crippen LogP contribution < -0.4 is 0 Å². The number of nitrogens with zero attached hydrogens (tertiary/aromatic N) is 2. The molecular weight excluding hydrogens is 196 g/mol. The molecule has 0 spiro atoms. The number of pyridine rings is 1. The van der Waals surface area contributed by atoms with Crippen molar-refractivity contribution < 1.29 is 0 Å². The first-order chi connectivity index (χ1) is 7.70. The molecule has 0 saturated heterocycles. The molecule has 1 aromatic heterocycles. The lowest BCUT2D eigenvalue weighted by molar-refractivity contribution is 1.24. The minimum atomic E-state index is 0.968. The molecule has 16 heavy (non-hydrogen) atoms. The van der Waals surface area contributed by atoms with Gasteiger partial charge in [-0.3, -0.25) is 9.98 Å². The molecule has 2 rings (SSSR count). The third-order valence-corrected chi connectivity index (χ3v) is 2.79. The molecule has 0 unspecified atom stereocenters. The lowest BCUT2D eigenvalue weighted by atomic mass is 10.0. The molecule has 1 aliphatic carbocycles. The highest BCUT2D eigenvalue weighted by atomic mass is 14.7. The Morgan fingerprint density at radius 2 is 2.12 bits per heavy atom. The Balaban J connectivity index is 2.74. The average molecular weight is 210 g/mol. The minimum Gasteiger partial charge on any atom is -0.296 e. The van der Waals surface area contributed by atoms with E-state index < -0.39 is 0 Å². The molecule has 80 valence electrons. The van der Waals surface area contributed by atoms with E-state index in [4.69, 9.17) is 0 Å². The lowest BCUT2D eigenvalue weighted by Crippen LogP contribution is -1.91. The Bertz CT molecular complexity index is 534. The average Bonchev–Trinajstić information content (AvgIpc) is 2.54. The zero-order chi connectivity index (χ0) is 11.7. The molecule has 0 aliphatic heterocycles. The van der Waals surface area contributed by atoms with E-state index in [0.717, 1.165) is 28.0 Å². The van der Waals surface area contributed by atoms with E-state index in [1.165, 1.54) is 5.56 Å². The summed E-state index contributed by atoms with van der Waals surface area (Å²) >= 11 is 0. The third kappa shape index (κ3) is 1.34. The second-order valence-corrected chi connectivity index (χ2v) is 3.75.